The number of benzene rings is 4. The van der Waals surface area contributed by atoms with E-state index in [1.807, 2.05) is 72.8 Å². The number of likely N-dealkylation sites (tertiary alicyclic amines) is 1. The zero-order chi connectivity index (χ0) is 33.6. The summed E-state index contributed by atoms with van der Waals surface area (Å²) in [6, 6.07) is 27.8. The molecule has 11 heteroatoms. The number of halogens is 2. The topological polar surface area (TPSA) is 117 Å². The van der Waals surface area contributed by atoms with Crippen molar-refractivity contribution in [2.45, 2.75) is 37.5 Å². The maximum Gasteiger partial charge on any atom is 0.330 e. The monoisotopic (exact) mass is 684 g/mol. The van der Waals surface area contributed by atoms with Crippen LogP contribution in [0.2, 0.25) is 10.0 Å². The van der Waals surface area contributed by atoms with Gasteiger partial charge in [0.15, 0.2) is 0 Å². The lowest BCUT2D eigenvalue weighted by Crippen LogP contribution is -2.51. The van der Waals surface area contributed by atoms with Crippen LogP contribution in [-0.2, 0) is 22.6 Å². The molecular weight excluding hydrogens is 651 g/mol. The van der Waals surface area contributed by atoms with Gasteiger partial charge in [-0.05, 0) is 47.2 Å². The first-order chi connectivity index (χ1) is 23.3. The van der Waals surface area contributed by atoms with Crippen molar-refractivity contribution in [3.63, 3.8) is 0 Å². The molecule has 1 unspecified atom stereocenters. The van der Waals surface area contributed by atoms with Crippen molar-refractivity contribution in [3.8, 4) is 0 Å². The van der Waals surface area contributed by atoms with E-state index in [1.165, 1.54) is 17.7 Å². The summed E-state index contributed by atoms with van der Waals surface area (Å²) in [6.07, 6.45) is 1.61. The van der Waals surface area contributed by atoms with Crippen LogP contribution in [0.1, 0.15) is 61.4 Å². The molecule has 0 spiro atoms. The van der Waals surface area contributed by atoms with Crippen LogP contribution >= 0.6 is 23.2 Å². The van der Waals surface area contributed by atoms with Crippen molar-refractivity contribution < 1.29 is 23.9 Å². The molecule has 1 aliphatic carbocycles. The number of aryl methyl sites for hydroxylation is 1. The normalized spacial score (nSPS) is 15.9. The van der Waals surface area contributed by atoms with Gasteiger partial charge in [-0.25, -0.2) is 9.59 Å². The van der Waals surface area contributed by atoms with Crippen molar-refractivity contribution in [3.05, 3.63) is 140 Å². The summed E-state index contributed by atoms with van der Waals surface area (Å²) in [5.41, 5.74) is 4.30. The van der Waals surface area contributed by atoms with Crippen LogP contribution in [0.25, 0.3) is 0 Å². The maximum atomic E-state index is 13.5. The molecule has 4 amide bonds. The summed E-state index contributed by atoms with van der Waals surface area (Å²) in [5, 5.41) is 8.15. The molecule has 1 saturated heterocycles. The van der Waals surface area contributed by atoms with Gasteiger partial charge in [0.2, 0.25) is 0 Å². The van der Waals surface area contributed by atoms with Crippen molar-refractivity contribution in [2.24, 2.45) is 0 Å². The van der Waals surface area contributed by atoms with Crippen LogP contribution < -0.4 is 16.0 Å². The number of hydrogen-bond donors (Lipinski definition) is 3. The van der Waals surface area contributed by atoms with Crippen molar-refractivity contribution >= 4 is 47.0 Å². The van der Waals surface area contributed by atoms with Crippen molar-refractivity contribution in [1.82, 2.24) is 20.9 Å². The smallest absolute Gasteiger partial charge is 0.330 e. The van der Waals surface area contributed by atoms with Gasteiger partial charge in [0, 0.05) is 24.6 Å². The van der Waals surface area contributed by atoms with E-state index in [1.54, 1.807) is 17.0 Å². The van der Waals surface area contributed by atoms with E-state index in [0.29, 0.717) is 13.1 Å². The lowest BCUT2D eigenvalue weighted by atomic mass is 9.91. The third-order valence-corrected chi connectivity index (χ3v) is 9.27. The van der Waals surface area contributed by atoms with Crippen LogP contribution in [-0.4, -0.2) is 54.4 Å². The summed E-state index contributed by atoms with van der Waals surface area (Å²) < 4.78 is 5.49. The van der Waals surface area contributed by atoms with Gasteiger partial charge in [-0.1, -0.05) is 108 Å². The number of carbonyl (C=O) groups excluding carboxylic acids is 4. The van der Waals surface area contributed by atoms with Crippen LogP contribution in [0, 0.1) is 0 Å². The first kappa shape index (κ1) is 33.1. The van der Waals surface area contributed by atoms with Gasteiger partial charge in [0.05, 0.1) is 28.2 Å². The molecule has 0 bridgehead atoms. The van der Waals surface area contributed by atoms with Gasteiger partial charge in [-0.2, -0.15) is 0 Å². The van der Waals surface area contributed by atoms with Crippen LogP contribution in [0.15, 0.2) is 97.1 Å². The average Bonchev–Trinajstić information content (AvgIpc) is 3.47. The Kier molecular flexibility index (Phi) is 10.3. The van der Waals surface area contributed by atoms with E-state index in [9.17, 15) is 19.2 Å². The number of nitrogens with one attached hydrogen (secondary N) is 3. The number of fused-ring (bicyclic) bond motifs is 1. The Bertz CT molecular complexity index is 1790. The molecule has 246 valence electrons. The Morgan fingerprint density at radius 2 is 1.50 bits per heavy atom. The highest BCUT2D eigenvalue weighted by Crippen LogP contribution is 2.32. The molecule has 0 aromatic heterocycles. The molecule has 48 heavy (non-hydrogen) atoms. The van der Waals surface area contributed by atoms with Gasteiger partial charge >= 0.3 is 12.0 Å². The van der Waals surface area contributed by atoms with E-state index < -0.39 is 23.9 Å². The van der Waals surface area contributed by atoms with E-state index in [0.717, 1.165) is 29.5 Å². The fourth-order valence-electron chi connectivity index (χ4n) is 6.04. The van der Waals surface area contributed by atoms with E-state index in [4.69, 9.17) is 27.9 Å². The predicted octanol–water partition coefficient (Wildman–Crippen LogP) is 6.06. The third kappa shape index (κ3) is 7.64. The standard InChI is InChI=1S/C37H34Cl2N4O5/c38-29-17-26(35(45)43-20-27(21-43)24-11-5-2-6-12-24)18-30(39)33(29)34(44)41-32(36(46)48-22-23-9-3-1-4-10-23)19-40-37(47)42-31-16-15-25-13-7-8-14-28(25)31/h1-14,17-18,27,31-32H,15-16,19-22H2,(H,41,44)(H2,40,42,47)/t31-,32?/m1/s1. The number of carbonyl (C=O) groups is 4. The second-order valence-electron chi connectivity index (χ2n) is 11.9. The molecule has 1 heterocycles. The molecule has 1 aliphatic heterocycles. The molecule has 0 saturated carbocycles. The molecule has 2 atom stereocenters. The molecule has 3 N–H and O–H groups in total. The lowest BCUT2D eigenvalue weighted by Gasteiger charge is -2.39. The lowest BCUT2D eigenvalue weighted by molar-refractivity contribution is -0.147. The van der Waals surface area contributed by atoms with E-state index >= 15 is 0 Å². The van der Waals surface area contributed by atoms with Gasteiger partial charge in [-0.15, -0.1) is 0 Å². The Morgan fingerprint density at radius 3 is 2.21 bits per heavy atom. The highest BCUT2D eigenvalue weighted by Gasteiger charge is 2.33. The van der Waals surface area contributed by atoms with Crippen LogP contribution in [0.3, 0.4) is 0 Å². The van der Waals surface area contributed by atoms with Gasteiger partial charge in [0.1, 0.15) is 12.6 Å². The fourth-order valence-corrected chi connectivity index (χ4v) is 6.70. The minimum atomic E-state index is -1.27. The molecule has 4 aromatic rings. The first-order valence-corrected chi connectivity index (χ1v) is 16.5. The molecule has 1 fully saturated rings. The van der Waals surface area contributed by atoms with E-state index in [-0.39, 0.29) is 52.2 Å². The third-order valence-electron chi connectivity index (χ3n) is 8.67. The zero-order valence-electron chi connectivity index (χ0n) is 26.0. The summed E-state index contributed by atoms with van der Waals surface area (Å²) in [6.45, 7) is 0.821. The highest BCUT2D eigenvalue weighted by molar-refractivity contribution is 6.40. The zero-order valence-corrected chi connectivity index (χ0v) is 27.5. The SMILES string of the molecule is O=C(NCC(NC(=O)c1c(Cl)cc(C(=O)N2CC(c3ccccc3)C2)cc1Cl)C(=O)OCc1ccccc1)N[C@@H]1CCc2ccccc21. The quantitative estimate of drug-likeness (QED) is 0.176. The Hall–Kier alpha value is -4.86. The number of esters is 1. The van der Waals surface area contributed by atoms with Gasteiger partial charge in [0.25, 0.3) is 11.8 Å². The highest BCUT2D eigenvalue weighted by atomic mass is 35.5. The van der Waals surface area contributed by atoms with Gasteiger partial charge in [-0.3, -0.25) is 9.59 Å². The van der Waals surface area contributed by atoms with Crippen molar-refractivity contribution in [2.75, 3.05) is 19.6 Å². The number of rotatable bonds is 10. The van der Waals surface area contributed by atoms with Crippen LogP contribution in [0.5, 0.6) is 0 Å². The predicted molar refractivity (Wildman–Crippen MR) is 183 cm³/mol. The number of ether oxygens (including phenoxy) is 1. The van der Waals surface area contributed by atoms with Gasteiger partial charge < -0.3 is 25.6 Å². The Labute approximate surface area is 288 Å². The molecule has 2 aliphatic rings. The summed E-state index contributed by atoms with van der Waals surface area (Å²) >= 11 is 13.0. The summed E-state index contributed by atoms with van der Waals surface area (Å²) in [7, 11) is 0. The Balaban J connectivity index is 1.11. The minimum Gasteiger partial charge on any atom is -0.459 e. The fraction of sp³-hybridized carbons (Fsp3) is 0.243. The number of urea groups is 1. The summed E-state index contributed by atoms with van der Waals surface area (Å²) in [4.78, 5) is 54.5. The van der Waals surface area contributed by atoms with Crippen LogP contribution in [0.4, 0.5) is 4.79 Å². The number of hydrogen-bond acceptors (Lipinski definition) is 5. The number of nitrogens with zero attached hydrogens (tertiary/aromatic N) is 1. The molecular formula is C37H34Cl2N4O5. The second kappa shape index (κ2) is 14.9. The minimum absolute atomic E-state index is 0.0307. The van der Waals surface area contributed by atoms with E-state index in [2.05, 4.69) is 16.0 Å². The largest absolute Gasteiger partial charge is 0.459 e. The summed E-state index contributed by atoms with van der Waals surface area (Å²) in [5.74, 6) is -1.52. The second-order valence-corrected chi connectivity index (χ2v) is 12.7. The van der Waals surface area contributed by atoms with Crippen molar-refractivity contribution in [1.29, 1.82) is 0 Å². The number of amides is 4. The average molecular weight is 686 g/mol. The molecule has 0 radical (unpaired) electrons. The first-order valence-electron chi connectivity index (χ1n) is 15.7. The molecule has 6 rings (SSSR count). The Morgan fingerprint density at radius 1 is 0.854 bits per heavy atom. The maximum absolute atomic E-state index is 13.5. The molecule has 9 nitrogen and oxygen atoms in total. The molecule has 4 aromatic carbocycles.